The topological polar surface area (TPSA) is 345 Å². The Morgan fingerprint density at radius 3 is 1.89 bits per heavy atom. The van der Waals surface area contributed by atoms with E-state index in [0.29, 0.717) is 0 Å². The second-order valence-electron chi connectivity index (χ2n) is 12.9. The zero-order valence-corrected chi connectivity index (χ0v) is 47.3. The number of aromatic amines is 1. The third-order valence-corrected chi connectivity index (χ3v) is 13.4. The van der Waals surface area contributed by atoms with Crippen LogP contribution in [0.3, 0.4) is 0 Å². The average Bonchev–Trinajstić information content (AvgIpc) is 3.13. The number of nitrogens with zero attached hydrogens (tertiary/aromatic N) is 3. The Morgan fingerprint density at radius 1 is 0.778 bits per heavy atom. The molecule has 0 saturated carbocycles. The van der Waals surface area contributed by atoms with Gasteiger partial charge in [-0.05, 0) is 79.4 Å². The first-order valence-corrected chi connectivity index (χ1v) is 23.0. The van der Waals surface area contributed by atoms with E-state index in [0.717, 1.165) is 6.07 Å². The van der Waals surface area contributed by atoms with Gasteiger partial charge in [0, 0.05) is 177 Å². The second kappa shape index (κ2) is 21.7. The van der Waals surface area contributed by atoms with Crippen LogP contribution in [0.25, 0.3) is 0 Å². The number of nitrogens with two attached hydrogens (primary N) is 1. The number of ketones is 2. The Bertz CT molecular complexity index is 3230. The van der Waals surface area contributed by atoms with E-state index in [4.69, 9.17) is 21.9 Å². The van der Waals surface area contributed by atoms with E-state index in [1.165, 1.54) is 69.3 Å². The molecule has 0 fully saturated rings. The molecule has 5 aromatic rings. The fourth-order valence-corrected chi connectivity index (χ4v) is 9.76. The molecule has 8 N–H and O–H groups in total. The molecule has 0 bridgehead atoms. The largest absolute Gasteiger partial charge is 0.397 e. The van der Waals surface area contributed by atoms with Gasteiger partial charge in [0.25, 0.3) is 20.2 Å². The van der Waals surface area contributed by atoms with E-state index in [1.807, 2.05) is 0 Å². The molecular weight excluding hydrogens is 1010 g/mol. The molecule has 0 amide bonds. The molecule has 0 unspecified atom stereocenters. The molecule has 0 spiro atoms. The van der Waals surface area contributed by atoms with Crippen molar-refractivity contribution in [2.45, 2.75) is 35.5 Å². The van der Waals surface area contributed by atoms with Crippen LogP contribution in [-0.2, 0) is 44.7 Å². The van der Waals surface area contributed by atoms with E-state index >= 15 is 0 Å². The predicted octanol–water partition coefficient (Wildman–Crippen LogP) is 2.40. The molecule has 6 rings (SSSR count). The molecule has 0 saturated heterocycles. The summed E-state index contributed by atoms with van der Waals surface area (Å²) in [5.41, 5.74) is 3.49. The molecule has 63 heavy (non-hydrogen) atoms. The fraction of sp³-hybridized carbons (Fsp3) is 0.147. The normalized spacial score (nSPS) is 12.9. The van der Waals surface area contributed by atoms with Crippen molar-refractivity contribution in [3.05, 3.63) is 104 Å². The number of nitrogen functional groups attached to an aromatic ring is 1. The first-order valence-electron chi connectivity index (χ1n) is 16.7. The van der Waals surface area contributed by atoms with Gasteiger partial charge in [-0.2, -0.15) is 35.2 Å². The van der Waals surface area contributed by atoms with E-state index in [1.54, 1.807) is 0 Å². The molecule has 4 aromatic carbocycles. The summed E-state index contributed by atoms with van der Waals surface area (Å²) in [5.74, 6) is -2.57. The molecule has 1 aromatic heterocycles. The van der Waals surface area contributed by atoms with Crippen molar-refractivity contribution in [2.75, 3.05) is 28.7 Å². The zero-order valence-electron chi connectivity index (χ0n) is 33.9. The van der Waals surface area contributed by atoms with E-state index < -0.39 is 91.0 Å². The van der Waals surface area contributed by atoms with Crippen molar-refractivity contribution in [1.29, 1.82) is 0 Å². The van der Waals surface area contributed by atoms with Crippen LogP contribution in [0.1, 0.15) is 48.5 Å². The third kappa shape index (κ3) is 12.7. The smallest absolute Gasteiger partial charge is 0.397 e. The molecule has 1 aliphatic carbocycles. The maximum absolute atomic E-state index is 14.0. The number of hydrogen-bond donors (Lipinski definition) is 7. The van der Waals surface area contributed by atoms with Crippen molar-refractivity contribution in [2.24, 2.45) is 4.99 Å². The van der Waals surface area contributed by atoms with Gasteiger partial charge in [-0.15, -0.1) is 0 Å². The fourth-order valence-electron chi connectivity index (χ4n) is 6.49. The van der Waals surface area contributed by atoms with Crippen LogP contribution in [0.5, 0.6) is 0 Å². The number of hydrogen-bond acceptors (Lipinski definition) is 17. The molecule has 1 aliphatic rings. The number of sulfone groups is 1. The van der Waals surface area contributed by atoms with Crippen LogP contribution in [0, 0.1) is 20.8 Å². The summed E-state index contributed by atoms with van der Waals surface area (Å²) in [6, 6.07) is 11.5. The summed E-state index contributed by atoms with van der Waals surface area (Å²) in [7, 11) is -19.1. The van der Waals surface area contributed by atoms with Gasteiger partial charge in [0.1, 0.15) is 9.79 Å². The summed E-state index contributed by atoms with van der Waals surface area (Å²) in [6.45, 7) is 3.23. The Hall–Kier alpha value is -0.731. The Kier molecular flexibility index (Phi) is 19.5. The number of fused-ring (bicyclic) bond motifs is 2. The van der Waals surface area contributed by atoms with Crippen LogP contribution >= 0.6 is 11.6 Å². The monoisotopic (exact) mass is 1040 g/mol. The van der Waals surface area contributed by atoms with Gasteiger partial charge in [-0.25, -0.2) is 17.6 Å². The minimum absolute atomic E-state index is 0. The predicted molar refractivity (Wildman–Crippen MR) is 231 cm³/mol. The van der Waals surface area contributed by atoms with Gasteiger partial charge in [0.05, 0.1) is 45.4 Å². The summed E-state index contributed by atoms with van der Waals surface area (Å²) in [4.78, 5) is 41.2. The number of benzene rings is 4. The molecule has 29 heteroatoms. The molecule has 21 nitrogen and oxygen atoms in total. The number of halogens is 1. The van der Waals surface area contributed by atoms with Crippen LogP contribution < -0.4 is 22.0 Å². The summed E-state index contributed by atoms with van der Waals surface area (Å²) in [5, 5.41) is 5.33. The number of nitrogens with one attached hydrogen (secondary N) is 3. The van der Waals surface area contributed by atoms with E-state index in [-0.39, 0.29) is 226 Å². The van der Waals surface area contributed by atoms with Crippen LogP contribution in [-0.4, -0.2) is 240 Å². The van der Waals surface area contributed by atoms with Crippen LogP contribution in [0.4, 0.5) is 34.4 Å². The van der Waals surface area contributed by atoms with Crippen molar-refractivity contribution in [1.82, 2.24) is 15.0 Å². The number of rotatable bonds is 12. The van der Waals surface area contributed by atoms with Gasteiger partial charge in [0.15, 0.2) is 21.4 Å². The maximum Gasteiger partial charge on any atom is 0.397 e. The minimum Gasteiger partial charge on any atom is -0.397 e. The number of carbonyl (C=O) groups is 2. The first kappa shape index (κ1) is 56.6. The number of anilines is 5. The van der Waals surface area contributed by atoms with E-state index in [2.05, 4.69) is 34.8 Å². The van der Waals surface area contributed by atoms with Crippen molar-refractivity contribution < 1.29 is 61.1 Å². The molecule has 1 heterocycles. The number of carbonyl (C=O) groups excluding carboxylic acids is 2. The summed E-state index contributed by atoms with van der Waals surface area (Å²) >= 11 is 6.24. The molecule has 319 valence electrons. The van der Waals surface area contributed by atoms with Gasteiger partial charge in [0.2, 0.25) is 16.9 Å². The van der Waals surface area contributed by atoms with Gasteiger partial charge in [-0.1, -0.05) is 24.3 Å². The quantitative estimate of drug-likeness (QED) is 0.0525. The Labute approximate surface area is 492 Å². The third-order valence-electron chi connectivity index (χ3n) is 9.04. The summed E-state index contributed by atoms with van der Waals surface area (Å²) in [6.07, 6.45) is 0. The number of aromatic nitrogens is 3. The maximum atomic E-state index is 14.0. The van der Waals surface area contributed by atoms with Crippen molar-refractivity contribution in [3.8, 4) is 0 Å². The Morgan fingerprint density at radius 2 is 1.35 bits per heavy atom. The standard InChI is InChI=1S/C34H30ClN7O14S4.3K/c1-15-27(38-22-14-23(58(47,48)49)26(36)25-24(22)29(43)20-6-4-5-7-21(20)30(25)44)16(2)31(59(50,51)52)17(3)28(15)39-34-41-32(35)40-33(42-34)37-18-8-10-19(11-9-18)57(45,46)13-12-56-60(53,54)55;;;/h4-11,14,38H,12-13,36H2,1-3H3,(H,47,48,49)(H,50,51,52)(H,53,54,55)(H2,37,39,40,41,42);;;. The van der Waals surface area contributed by atoms with Gasteiger partial charge < -0.3 is 16.4 Å². The SMILES string of the molecule is Cc1c(N=c2nc(Nc3ccc(S(=O)(=O)CCOS(=O)(=O)O)cc3)nc(Cl)[nH]2)c(C)c(S(=O)(=O)O)c(C)c1Nc1cc(S(=O)(=O)O)c(N)c2c1C(=O)c1ccccc1C2=O.[K].[K].[K]. The van der Waals surface area contributed by atoms with E-state index in [9.17, 15) is 52.4 Å². The molecule has 3 radical (unpaired) electrons. The average molecular weight is 1040 g/mol. The molecule has 0 aliphatic heterocycles. The Balaban J connectivity index is 0.00000352. The first-order chi connectivity index (χ1) is 27.8. The van der Waals surface area contributed by atoms with Gasteiger partial charge in [-0.3, -0.25) is 28.2 Å². The summed E-state index contributed by atoms with van der Waals surface area (Å²) < 4.78 is 131. The number of H-pyrrole nitrogens is 1. The molecular formula is C34H30ClK3N7O14S4. The van der Waals surface area contributed by atoms with Crippen LogP contribution in [0.15, 0.2) is 74.3 Å². The van der Waals surface area contributed by atoms with Gasteiger partial charge >= 0.3 is 10.4 Å². The zero-order chi connectivity index (χ0) is 44.3. The molecule has 0 atom stereocenters. The second-order valence-corrected chi connectivity index (χ2v) is 19.2. The van der Waals surface area contributed by atoms with Crippen molar-refractivity contribution >= 4 is 252 Å². The van der Waals surface area contributed by atoms with Crippen molar-refractivity contribution in [3.63, 3.8) is 0 Å². The van der Waals surface area contributed by atoms with Crippen LogP contribution in [0.2, 0.25) is 5.28 Å². The minimum atomic E-state index is -5.13.